The summed E-state index contributed by atoms with van der Waals surface area (Å²) in [5.41, 5.74) is 3.22. The summed E-state index contributed by atoms with van der Waals surface area (Å²) in [5, 5.41) is 13.7. The molecular weight excluding hydrogens is 588 g/mol. The van der Waals surface area contributed by atoms with Crippen molar-refractivity contribution in [2.75, 3.05) is 13.3 Å². The largest absolute Gasteiger partial charge is 0.478 e. The van der Waals surface area contributed by atoms with E-state index in [2.05, 4.69) is 5.32 Å². The number of fused-ring (bicyclic) bond motifs is 1. The number of carbonyl (C=O) groups excluding carboxylic acids is 1. The van der Waals surface area contributed by atoms with Crippen molar-refractivity contribution >= 4 is 35.2 Å². The Hall–Kier alpha value is -4.62. The van der Waals surface area contributed by atoms with E-state index in [1.54, 1.807) is 44.6 Å². The predicted octanol–water partition coefficient (Wildman–Crippen LogP) is 7.81. The summed E-state index contributed by atoms with van der Waals surface area (Å²) in [5.74, 6) is -1.43. The lowest BCUT2D eigenvalue weighted by Gasteiger charge is -2.18. The molecule has 1 aromatic heterocycles. The molecule has 1 amide bonds. The molecule has 0 spiro atoms. The van der Waals surface area contributed by atoms with Crippen LogP contribution in [-0.2, 0) is 17.3 Å². The molecule has 5 aromatic rings. The summed E-state index contributed by atoms with van der Waals surface area (Å²) < 4.78 is 53.9. The van der Waals surface area contributed by atoms with Crippen molar-refractivity contribution in [3.8, 4) is 11.1 Å². The van der Waals surface area contributed by atoms with Crippen molar-refractivity contribution < 1.29 is 32.4 Å². The number of hydrogen-bond donors (Lipinski definition) is 2. The van der Waals surface area contributed by atoms with E-state index in [1.165, 1.54) is 24.3 Å². The third kappa shape index (κ3) is 6.63. The van der Waals surface area contributed by atoms with E-state index in [1.807, 2.05) is 41.0 Å². The second-order valence-corrected chi connectivity index (χ2v) is 14.3. The van der Waals surface area contributed by atoms with Crippen molar-refractivity contribution in [2.24, 2.45) is 0 Å². The van der Waals surface area contributed by atoms with Crippen LogP contribution in [0.1, 0.15) is 50.4 Å². The highest BCUT2D eigenvalue weighted by Gasteiger charge is 2.30. The topological polar surface area (TPSA) is 88.4 Å². The fourth-order valence-corrected chi connectivity index (χ4v) is 6.00. The van der Waals surface area contributed by atoms with E-state index in [4.69, 9.17) is 0 Å². The van der Waals surface area contributed by atoms with Gasteiger partial charge in [-0.25, -0.2) is 4.79 Å². The van der Waals surface area contributed by atoms with Crippen LogP contribution >= 0.6 is 7.14 Å². The number of aromatic nitrogens is 1. The summed E-state index contributed by atoms with van der Waals surface area (Å²) in [4.78, 5) is 25.2. The Morgan fingerprint density at radius 3 is 2.20 bits per heavy atom. The summed E-state index contributed by atoms with van der Waals surface area (Å²) in [7, 11) is -2.55. The van der Waals surface area contributed by atoms with E-state index in [9.17, 15) is 32.4 Å². The van der Waals surface area contributed by atoms with Crippen LogP contribution in [-0.4, -0.2) is 34.9 Å². The first-order valence-electron chi connectivity index (χ1n) is 13.8. The van der Waals surface area contributed by atoms with Crippen LogP contribution < -0.4 is 10.6 Å². The molecule has 0 radical (unpaired) electrons. The molecule has 0 aliphatic carbocycles. The number of rotatable bonds is 8. The molecule has 1 atom stereocenters. The molecule has 0 saturated heterocycles. The summed E-state index contributed by atoms with van der Waals surface area (Å²) in [6.45, 7) is 5.41. The molecule has 226 valence electrons. The maximum atomic E-state index is 13.9. The number of aromatic carboxylic acids is 1. The Bertz CT molecular complexity index is 1910. The number of alkyl halides is 3. The third-order valence-corrected chi connectivity index (χ3v) is 9.07. The maximum Gasteiger partial charge on any atom is 0.416 e. The van der Waals surface area contributed by atoms with Crippen LogP contribution in [0.2, 0.25) is 0 Å². The van der Waals surface area contributed by atoms with Crippen molar-refractivity contribution in [2.45, 2.75) is 25.7 Å². The van der Waals surface area contributed by atoms with Gasteiger partial charge in [0.25, 0.3) is 5.91 Å². The van der Waals surface area contributed by atoms with Gasteiger partial charge in [0, 0.05) is 23.4 Å². The summed E-state index contributed by atoms with van der Waals surface area (Å²) >= 11 is 0. The molecule has 6 nitrogen and oxygen atoms in total. The number of carboxylic acids is 1. The fourth-order valence-electron chi connectivity index (χ4n) is 5.11. The second kappa shape index (κ2) is 11.8. The fraction of sp³-hybridized carbons (Fsp3) is 0.176. The second-order valence-electron chi connectivity index (χ2n) is 11.1. The molecule has 10 heteroatoms. The van der Waals surface area contributed by atoms with E-state index in [0.717, 1.165) is 28.6 Å². The minimum Gasteiger partial charge on any atom is -0.478 e. The number of amides is 1. The Morgan fingerprint density at radius 2 is 1.59 bits per heavy atom. The Balaban J connectivity index is 1.56. The molecule has 44 heavy (non-hydrogen) atoms. The van der Waals surface area contributed by atoms with E-state index in [0.29, 0.717) is 27.5 Å². The smallest absolute Gasteiger partial charge is 0.416 e. The van der Waals surface area contributed by atoms with Gasteiger partial charge in [-0.2, -0.15) is 13.2 Å². The first-order valence-corrected chi connectivity index (χ1v) is 16.4. The molecule has 0 aliphatic rings. The van der Waals surface area contributed by atoms with Crippen molar-refractivity contribution in [3.05, 3.63) is 125 Å². The number of nitrogens with zero attached hydrogens (tertiary/aromatic N) is 1. The number of nitrogens with one attached hydrogen (secondary N) is 1. The van der Waals surface area contributed by atoms with Crippen LogP contribution in [0.4, 0.5) is 13.2 Å². The van der Waals surface area contributed by atoms with Gasteiger partial charge in [0.1, 0.15) is 7.14 Å². The molecule has 0 fully saturated rings. The molecule has 0 bridgehead atoms. The SMILES string of the molecule is C[C@H](NC(=O)c1cc(-c2cccc(P(C)(C)=O)c2)cc2ccn(Cc3ccc(C(F)(F)F)cc3)c12)c1ccc(C(=O)O)cc1. The van der Waals surface area contributed by atoms with Crippen molar-refractivity contribution in [3.63, 3.8) is 0 Å². The number of hydrogen-bond acceptors (Lipinski definition) is 3. The zero-order valence-corrected chi connectivity index (χ0v) is 25.1. The van der Waals surface area contributed by atoms with E-state index in [-0.39, 0.29) is 18.0 Å². The highest BCUT2D eigenvalue weighted by atomic mass is 31.2. The first kappa shape index (κ1) is 30.8. The minimum absolute atomic E-state index is 0.133. The van der Waals surface area contributed by atoms with Gasteiger partial charge < -0.3 is 19.6 Å². The maximum absolute atomic E-state index is 13.9. The number of halogens is 3. The van der Waals surface area contributed by atoms with E-state index >= 15 is 0 Å². The lowest BCUT2D eigenvalue weighted by Crippen LogP contribution is -2.27. The van der Waals surface area contributed by atoms with E-state index < -0.39 is 30.9 Å². The van der Waals surface area contributed by atoms with Gasteiger partial charge in [-0.15, -0.1) is 0 Å². The van der Waals surface area contributed by atoms with Gasteiger partial charge in [0.15, 0.2) is 0 Å². The molecule has 0 aliphatic heterocycles. The predicted molar refractivity (Wildman–Crippen MR) is 166 cm³/mol. The van der Waals surface area contributed by atoms with Crippen LogP contribution in [0.3, 0.4) is 0 Å². The molecular formula is C34H30F3N2O4P. The first-order chi connectivity index (χ1) is 20.7. The highest BCUT2D eigenvalue weighted by Crippen LogP contribution is 2.37. The molecule has 4 aromatic carbocycles. The number of carboxylic acid groups (broad SMARTS) is 1. The Kier molecular flexibility index (Phi) is 8.28. The van der Waals surface area contributed by atoms with Crippen molar-refractivity contribution in [1.29, 1.82) is 0 Å². The van der Waals surface area contributed by atoms with Crippen LogP contribution in [0.15, 0.2) is 97.2 Å². The highest BCUT2D eigenvalue weighted by molar-refractivity contribution is 7.70. The normalized spacial score (nSPS) is 12.7. The Morgan fingerprint density at radius 1 is 0.909 bits per heavy atom. The van der Waals surface area contributed by atoms with Crippen LogP contribution in [0, 0.1) is 0 Å². The minimum atomic E-state index is -4.44. The monoisotopic (exact) mass is 618 g/mol. The summed E-state index contributed by atoms with van der Waals surface area (Å²) in [6, 6.07) is 23.6. The van der Waals surface area contributed by atoms with Crippen molar-refractivity contribution in [1.82, 2.24) is 9.88 Å². The summed E-state index contributed by atoms with van der Waals surface area (Å²) in [6.07, 6.45) is -2.65. The van der Waals surface area contributed by atoms with Gasteiger partial charge in [-0.05, 0) is 91.0 Å². The van der Waals surface area contributed by atoms with Crippen LogP contribution in [0.5, 0.6) is 0 Å². The van der Waals surface area contributed by atoms with Gasteiger partial charge in [0.2, 0.25) is 0 Å². The van der Waals surface area contributed by atoms with Gasteiger partial charge in [-0.1, -0.05) is 42.5 Å². The van der Waals surface area contributed by atoms with Gasteiger partial charge in [-0.3, -0.25) is 4.79 Å². The number of carbonyl (C=O) groups is 2. The molecule has 0 saturated carbocycles. The van der Waals surface area contributed by atoms with Gasteiger partial charge >= 0.3 is 12.1 Å². The average Bonchev–Trinajstić information content (AvgIpc) is 3.38. The zero-order valence-electron chi connectivity index (χ0n) is 24.2. The average molecular weight is 619 g/mol. The van der Waals surface area contributed by atoms with Crippen LogP contribution in [0.25, 0.3) is 22.0 Å². The molecule has 5 rings (SSSR count). The molecule has 2 N–H and O–H groups in total. The third-order valence-electron chi connectivity index (χ3n) is 7.55. The quantitative estimate of drug-likeness (QED) is 0.174. The molecule has 1 heterocycles. The van der Waals surface area contributed by atoms with Gasteiger partial charge in [0.05, 0.1) is 28.2 Å². The molecule has 0 unspecified atom stereocenters. The number of benzene rings is 4. The standard InChI is InChI=1S/C34H30F3N2O4P/c1-21(23-9-11-24(12-10-23)33(41)42)38-32(40)30-19-27(25-5-4-6-29(18-25)44(2,3)43)17-26-15-16-39(31(26)30)20-22-7-13-28(14-8-22)34(35,36)37/h4-19,21H,20H2,1-3H3,(H,38,40)(H,41,42)/t21-/m0/s1. The lowest BCUT2D eigenvalue weighted by atomic mass is 9.99. The zero-order chi connectivity index (χ0) is 31.8. The Labute approximate surface area is 252 Å². The lowest BCUT2D eigenvalue weighted by molar-refractivity contribution is -0.137.